The summed E-state index contributed by atoms with van der Waals surface area (Å²) in [7, 11) is 1.40. The van der Waals surface area contributed by atoms with Crippen molar-refractivity contribution >= 4 is 34.1 Å². The van der Waals surface area contributed by atoms with E-state index in [1.54, 1.807) is 12.3 Å². The summed E-state index contributed by atoms with van der Waals surface area (Å²) in [4.78, 5) is 14.7. The van der Waals surface area contributed by atoms with Crippen molar-refractivity contribution in [3.63, 3.8) is 0 Å². The fraction of sp³-hybridized carbons (Fsp3) is 0.280. The highest BCUT2D eigenvalue weighted by Gasteiger charge is 2.30. The number of hydrogen-bond donors (Lipinski definition) is 0. The van der Waals surface area contributed by atoms with E-state index in [9.17, 15) is 18.0 Å². The number of methoxy groups -OCH3 is 1. The molecule has 0 saturated heterocycles. The van der Waals surface area contributed by atoms with Gasteiger partial charge in [-0.1, -0.05) is 53.2 Å². The van der Waals surface area contributed by atoms with Gasteiger partial charge in [0.1, 0.15) is 5.82 Å². The van der Waals surface area contributed by atoms with Crippen LogP contribution in [0.5, 0.6) is 0 Å². The number of carbonyl (C=O) groups is 1. The molecule has 33 heavy (non-hydrogen) atoms. The summed E-state index contributed by atoms with van der Waals surface area (Å²) in [5, 5.41) is 0. The van der Waals surface area contributed by atoms with Crippen molar-refractivity contribution in [3.8, 4) is 11.3 Å². The van der Waals surface area contributed by atoms with E-state index in [-0.39, 0.29) is 5.97 Å². The van der Waals surface area contributed by atoms with Crippen molar-refractivity contribution in [2.75, 3.05) is 7.11 Å². The third-order valence-electron chi connectivity index (χ3n) is 4.61. The molecule has 3 aromatic rings. The Kier molecular flexibility index (Phi) is 9.91. The number of carbonyl (C=O) groups excluding carboxylic acids is 1. The summed E-state index contributed by atoms with van der Waals surface area (Å²) in [6, 6.07) is 13.1. The van der Waals surface area contributed by atoms with Gasteiger partial charge in [0.2, 0.25) is 0 Å². The fourth-order valence-corrected chi connectivity index (χ4v) is 3.13. The highest BCUT2D eigenvalue weighted by molar-refractivity contribution is 9.10. The molecular weight excluding hydrogens is 497 g/mol. The van der Waals surface area contributed by atoms with Crippen LogP contribution < -0.4 is 0 Å². The van der Waals surface area contributed by atoms with Crippen LogP contribution in [-0.2, 0) is 22.3 Å². The summed E-state index contributed by atoms with van der Waals surface area (Å²) in [6.07, 6.45) is 2.61. The summed E-state index contributed by atoms with van der Waals surface area (Å²) in [5.41, 5.74) is 1.31. The van der Waals surface area contributed by atoms with E-state index in [0.29, 0.717) is 30.0 Å². The van der Waals surface area contributed by atoms with Gasteiger partial charge in [-0.15, -0.1) is 0 Å². The number of rotatable bonds is 6. The average molecular weight is 523 g/mol. The van der Waals surface area contributed by atoms with Crippen LogP contribution in [0.25, 0.3) is 23.4 Å². The Bertz CT molecular complexity index is 1070. The molecule has 0 unspecified atom stereocenters. The molecule has 0 amide bonds. The number of nitrogens with zero attached hydrogens (tertiary/aromatic N) is 2. The summed E-state index contributed by atoms with van der Waals surface area (Å²) in [5.74, 6) is 0.574. The maximum Gasteiger partial charge on any atom is 0.416 e. The van der Waals surface area contributed by atoms with Crippen molar-refractivity contribution in [1.82, 2.24) is 9.55 Å². The molecule has 0 fully saturated rings. The van der Waals surface area contributed by atoms with Crippen LogP contribution >= 0.6 is 15.9 Å². The second-order valence-corrected chi connectivity index (χ2v) is 7.98. The molecule has 0 saturated carbocycles. The Morgan fingerprint density at radius 1 is 1.12 bits per heavy atom. The second-order valence-electron chi connectivity index (χ2n) is 7.06. The summed E-state index contributed by atoms with van der Waals surface area (Å²) in [6.45, 7) is 4.58. The molecule has 0 atom stereocenters. The molecule has 1 aromatic heterocycles. The van der Waals surface area contributed by atoms with E-state index < -0.39 is 11.7 Å². The van der Waals surface area contributed by atoms with Gasteiger partial charge < -0.3 is 9.30 Å². The first-order chi connectivity index (χ1) is 15.7. The zero-order valence-electron chi connectivity index (χ0n) is 18.7. The van der Waals surface area contributed by atoms with Gasteiger partial charge in [0.05, 0.1) is 18.4 Å². The minimum atomic E-state index is -4.37. The number of hydrogen-bond acceptors (Lipinski definition) is 3. The van der Waals surface area contributed by atoms with Crippen molar-refractivity contribution in [3.05, 3.63) is 76.2 Å². The van der Waals surface area contributed by atoms with E-state index in [0.717, 1.165) is 28.6 Å². The number of ether oxygens (including phenoxy) is 1. The van der Waals surface area contributed by atoms with Gasteiger partial charge in [-0.05, 0) is 49.2 Å². The predicted octanol–water partition coefficient (Wildman–Crippen LogP) is 7.48. The first-order valence-electron chi connectivity index (χ1n) is 10.4. The number of benzene rings is 2. The lowest BCUT2D eigenvalue weighted by molar-refractivity contribution is -0.140. The van der Waals surface area contributed by atoms with Crippen LogP contribution in [0.3, 0.4) is 0 Å². The van der Waals surface area contributed by atoms with E-state index >= 15 is 0 Å². The Morgan fingerprint density at radius 2 is 1.82 bits per heavy atom. The molecule has 1 heterocycles. The van der Waals surface area contributed by atoms with Crippen LogP contribution in [0.1, 0.15) is 43.6 Å². The normalized spacial score (nSPS) is 11.2. The Labute approximate surface area is 200 Å². The highest BCUT2D eigenvalue weighted by Crippen LogP contribution is 2.32. The average Bonchev–Trinajstić information content (AvgIpc) is 3.22. The molecule has 8 heteroatoms. The van der Waals surface area contributed by atoms with Gasteiger partial charge in [0.25, 0.3) is 0 Å². The molecule has 0 aliphatic rings. The maximum atomic E-state index is 12.9. The molecule has 3 rings (SSSR count). The van der Waals surface area contributed by atoms with Crippen molar-refractivity contribution in [2.24, 2.45) is 0 Å². The van der Waals surface area contributed by atoms with Crippen LogP contribution in [0, 0.1) is 0 Å². The molecule has 2 aromatic carbocycles. The molecule has 0 aliphatic heterocycles. The number of alkyl halides is 3. The largest absolute Gasteiger partial charge is 0.469 e. The Morgan fingerprint density at radius 3 is 2.36 bits per heavy atom. The quantitative estimate of drug-likeness (QED) is 0.315. The van der Waals surface area contributed by atoms with E-state index in [2.05, 4.69) is 25.7 Å². The smallest absolute Gasteiger partial charge is 0.416 e. The SMILES string of the molecule is CCCC(=O)OC.CCn1cc(-c2cccc(C(F)(F)F)c2)nc1/C=C/c1ccc(Br)cc1. The summed E-state index contributed by atoms with van der Waals surface area (Å²) < 4.78 is 46.0. The van der Waals surface area contributed by atoms with Gasteiger partial charge >= 0.3 is 12.1 Å². The first kappa shape index (κ1) is 26.4. The summed E-state index contributed by atoms with van der Waals surface area (Å²) >= 11 is 3.39. The maximum absolute atomic E-state index is 12.9. The lowest BCUT2D eigenvalue weighted by atomic mass is 10.1. The zero-order valence-corrected chi connectivity index (χ0v) is 20.3. The lowest BCUT2D eigenvalue weighted by Gasteiger charge is -2.07. The van der Waals surface area contributed by atoms with E-state index in [1.807, 2.05) is 54.8 Å². The van der Waals surface area contributed by atoms with Crippen LogP contribution in [0.2, 0.25) is 0 Å². The molecular formula is C25H26BrF3N2O2. The van der Waals surface area contributed by atoms with Crippen molar-refractivity contribution < 1.29 is 22.7 Å². The van der Waals surface area contributed by atoms with Crippen LogP contribution in [0.15, 0.2) is 59.2 Å². The standard InChI is InChI=1S/C20H16BrF3N2.C5H10O2/c1-2-26-13-18(15-4-3-5-16(12-15)20(22,23)24)25-19(26)11-8-14-6-9-17(21)10-7-14;1-3-4-5(6)7-2/h3-13H,2H2,1H3;3-4H2,1-2H3/b11-8+;. The molecule has 0 radical (unpaired) electrons. The second kappa shape index (κ2) is 12.4. The van der Waals surface area contributed by atoms with Gasteiger partial charge in [-0.25, -0.2) is 4.98 Å². The number of halogens is 4. The monoisotopic (exact) mass is 522 g/mol. The number of aryl methyl sites for hydroxylation is 1. The van der Waals surface area contributed by atoms with Crippen LogP contribution in [-0.4, -0.2) is 22.6 Å². The minimum Gasteiger partial charge on any atom is -0.469 e. The fourth-order valence-electron chi connectivity index (χ4n) is 2.86. The molecule has 0 bridgehead atoms. The van der Waals surface area contributed by atoms with Gasteiger partial charge in [0, 0.05) is 29.2 Å². The third-order valence-corrected chi connectivity index (χ3v) is 5.14. The minimum absolute atomic E-state index is 0.123. The van der Waals surface area contributed by atoms with Gasteiger partial charge in [-0.3, -0.25) is 4.79 Å². The van der Waals surface area contributed by atoms with Crippen LogP contribution in [0.4, 0.5) is 13.2 Å². The molecule has 176 valence electrons. The molecule has 0 N–H and O–H groups in total. The number of imidazole rings is 1. The third kappa shape index (κ3) is 8.20. The number of aromatic nitrogens is 2. The van der Waals surface area contributed by atoms with Crippen molar-refractivity contribution in [1.29, 1.82) is 0 Å². The molecule has 0 aliphatic carbocycles. The van der Waals surface area contributed by atoms with Gasteiger partial charge in [-0.2, -0.15) is 13.2 Å². The van der Waals surface area contributed by atoms with Gasteiger partial charge in [0.15, 0.2) is 0 Å². The topological polar surface area (TPSA) is 44.1 Å². The highest BCUT2D eigenvalue weighted by atomic mass is 79.9. The van der Waals surface area contributed by atoms with Crippen molar-refractivity contribution in [2.45, 2.75) is 39.4 Å². The molecule has 0 spiro atoms. The lowest BCUT2D eigenvalue weighted by Crippen LogP contribution is -2.04. The Hall–Kier alpha value is -2.87. The van der Waals surface area contributed by atoms with E-state index in [4.69, 9.17) is 0 Å². The number of esters is 1. The van der Waals surface area contributed by atoms with E-state index in [1.165, 1.54) is 13.2 Å². The predicted molar refractivity (Wildman–Crippen MR) is 128 cm³/mol. The Balaban J connectivity index is 0.000000479. The first-order valence-corrected chi connectivity index (χ1v) is 11.2. The zero-order chi connectivity index (χ0) is 24.4. The molecule has 4 nitrogen and oxygen atoms in total.